The van der Waals surface area contributed by atoms with Gasteiger partial charge < -0.3 is 9.84 Å². The van der Waals surface area contributed by atoms with E-state index in [0.717, 1.165) is 18.4 Å². The third kappa shape index (κ3) is 3.03. The molecule has 1 aliphatic rings. The highest BCUT2D eigenvalue weighted by Crippen LogP contribution is 2.23. The quantitative estimate of drug-likeness (QED) is 0.909. The SMILES string of the molecule is COC1CCCN(S(=O)(=O)c2ccc(C)c(CO)c2)C1. The fourth-order valence-electron chi connectivity index (χ4n) is 2.44. The number of piperidine rings is 1. The van der Waals surface area contributed by atoms with Crippen molar-refractivity contribution in [2.45, 2.75) is 37.4 Å². The Morgan fingerprint density at radius 1 is 1.45 bits per heavy atom. The molecule has 1 heterocycles. The molecule has 1 aromatic rings. The van der Waals surface area contributed by atoms with E-state index < -0.39 is 10.0 Å². The molecule has 0 aliphatic carbocycles. The zero-order chi connectivity index (χ0) is 14.8. The molecule has 5 nitrogen and oxygen atoms in total. The van der Waals surface area contributed by atoms with Gasteiger partial charge in [0, 0.05) is 20.2 Å². The molecule has 0 aromatic heterocycles. The molecule has 1 saturated heterocycles. The van der Waals surface area contributed by atoms with Crippen molar-refractivity contribution in [1.29, 1.82) is 0 Å². The Kier molecular flexibility index (Phi) is 4.80. The van der Waals surface area contributed by atoms with Gasteiger partial charge in [0.1, 0.15) is 0 Å². The number of methoxy groups -OCH3 is 1. The van der Waals surface area contributed by atoms with Gasteiger partial charge in [-0.2, -0.15) is 4.31 Å². The first-order chi connectivity index (χ1) is 9.48. The summed E-state index contributed by atoms with van der Waals surface area (Å²) in [6.07, 6.45) is 1.65. The third-order valence-electron chi connectivity index (χ3n) is 3.80. The Morgan fingerprint density at radius 3 is 2.85 bits per heavy atom. The summed E-state index contributed by atoms with van der Waals surface area (Å²) >= 11 is 0. The van der Waals surface area contributed by atoms with Gasteiger partial charge in [-0.25, -0.2) is 8.42 Å². The van der Waals surface area contributed by atoms with E-state index in [-0.39, 0.29) is 17.6 Å². The van der Waals surface area contributed by atoms with Crippen LogP contribution in [0.5, 0.6) is 0 Å². The van der Waals surface area contributed by atoms with E-state index in [1.807, 2.05) is 6.92 Å². The van der Waals surface area contributed by atoms with Crippen LogP contribution in [0.2, 0.25) is 0 Å². The molecule has 1 atom stereocenters. The summed E-state index contributed by atoms with van der Waals surface area (Å²) in [5.41, 5.74) is 1.53. The molecule has 0 radical (unpaired) electrons. The van der Waals surface area contributed by atoms with Crippen LogP contribution in [0.1, 0.15) is 24.0 Å². The van der Waals surface area contributed by atoms with Gasteiger partial charge in [0.05, 0.1) is 17.6 Å². The molecule has 2 rings (SSSR count). The lowest BCUT2D eigenvalue weighted by molar-refractivity contribution is 0.0572. The van der Waals surface area contributed by atoms with Crippen LogP contribution in [0, 0.1) is 6.92 Å². The number of sulfonamides is 1. The van der Waals surface area contributed by atoms with Crippen molar-refractivity contribution in [1.82, 2.24) is 4.31 Å². The number of nitrogens with zero attached hydrogens (tertiary/aromatic N) is 1. The van der Waals surface area contributed by atoms with Gasteiger partial charge >= 0.3 is 0 Å². The molecule has 6 heteroatoms. The molecule has 1 unspecified atom stereocenters. The van der Waals surface area contributed by atoms with Crippen LogP contribution < -0.4 is 0 Å². The van der Waals surface area contributed by atoms with E-state index >= 15 is 0 Å². The Morgan fingerprint density at radius 2 is 2.20 bits per heavy atom. The summed E-state index contributed by atoms with van der Waals surface area (Å²) in [7, 11) is -1.90. The van der Waals surface area contributed by atoms with Crippen LogP contribution in [0.15, 0.2) is 23.1 Å². The van der Waals surface area contributed by atoms with E-state index in [4.69, 9.17) is 4.74 Å². The van der Waals surface area contributed by atoms with Gasteiger partial charge in [0.25, 0.3) is 0 Å². The maximum absolute atomic E-state index is 12.6. The maximum atomic E-state index is 12.6. The Balaban J connectivity index is 2.30. The minimum absolute atomic E-state index is 0.0405. The molecule has 1 aliphatic heterocycles. The van der Waals surface area contributed by atoms with E-state index in [1.165, 1.54) is 4.31 Å². The van der Waals surface area contributed by atoms with Gasteiger partial charge in [-0.3, -0.25) is 0 Å². The van der Waals surface area contributed by atoms with Gasteiger partial charge in [0.2, 0.25) is 10.0 Å². The molecule has 0 amide bonds. The van der Waals surface area contributed by atoms with Crippen LogP contribution in [0.4, 0.5) is 0 Å². The molecular formula is C14H21NO4S. The summed E-state index contributed by atoms with van der Waals surface area (Å²) in [5.74, 6) is 0. The van der Waals surface area contributed by atoms with Gasteiger partial charge in [0.15, 0.2) is 0 Å². The largest absolute Gasteiger partial charge is 0.392 e. The van der Waals surface area contributed by atoms with Gasteiger partial charge in [-0.05, 0) is 43.0 Å². The van der Waals surface area contributed by atoms with Crippen molar-refractivity contribution in [2.24, 2.45) is 0 Å². The standard InChI is InChI=1S/C14H21NO4S/c1-11-5-6-14(8-12(11)10-16)20(17,18)15-7-3-4-13(9-15)19-2/h5-6,8,13,16H,3-4,7,9-10H2,1-2H3. The number of hydrogen-bond donors (Lipinski definition) is 1. The molecule has 112 valence electrons. The van der Waals surface area contributed by atoms with Crippen LogP contribution in [0.25, 0.3) is 0 Å². The maximum Gasteiger partial charge on any atom is 0.243 e. The minimum atomic E-state index is -3.51. The highest BCUT2D eigenvalue weighted by molar-refractivity contribution is 7.89. The van der Waals surface area contributed by atoms with Crippen LogP contribution in [-0.2, 0) is 21.4 Å². The number of aliphatic hydroxyl groups excluding tert-OH is 1. The highest BCUT2D eigenvalue weighted by Gasteiger charge is 2.30. The fourth-order valence-corrected chi connectivity index (χ4v) is 4.00. The number of aliphatic hydroxyl groups is 1. The highest BCUT2D eigenvalue weighted by atomic mass is 32.2. The van der Waals surface area contributed by atoms with Gasteiger partial charge in [-0.1, -0.05) is 6.07 Å². The number of hydrogen-bond acceptors (Lipinski definition) is 4. The second-order valence-electron chi connectivity index (χ2n) is 5.11. The minimum Gasteiger partial charge on any atom is -0.392 e. The number of rotatable bonds is 4. The lowest BCUT2D eigenvalue weighted by atomic mass is 10.1. The Bertz CT molecular complexity index is 571. The van der Waals surface area contributed by atoms with E-state index in [0.29, 0.717) is 18.7 Å². The first-order valence-corrected chi connectivity index (χ1v) is 8.16. The summed E-state index contributed by atoms with van der Waals surface area (Å²) in [6, 6.07) is 4.89. The topological polar surface area (TPSA) is 66.8 Å². The summed E-state index contributed by atoms with van der Waals surface area (Å²) in [6.45, 7) is 2.60. The summed E-state index contributed by atoms with van der Waals surface area (Å²) < 4.78 is 32.0. The second kappa shape index (κ2) is 6.22. The average Bonchev–Trinajstić information content (AvgIpc) is 2.47. The predicted molar refractivity (Wildman–Crippen MR) is 75.9 cm³/mol. The molecule has 0 spiro atoms. The Labute approximate surface area is 120 Å². The Hall–Kier alpha value is -0.950. The monoisotopic (exact) mass is 299 g/mol. The fraction of sp³-hybridized carbons (Fsp3) is 0.571. The molecule has 20 heavy (non-hydrogen) atoms. The molecule has 1 aromatic carbocycles. The van der Waals surface area contributed by atoms with Crippen molar-refractivity contribution in [3.05, 3.63) is 29.3 Å². The lowest BCUT2D eigenvalue weighted by Crippen LogP contribution is -2.42. The van der Waals surface area contributed by atoms with Gasteiger partial charge in [-0.15, -0.1) is 0 Å². The van der Waals surface area contributed by atoms with Crippen LogP contribution in [-0.4, -0.2) is 44.1 Å². The smallest absolute Gasteiger partial charge is 0.243 e. The van der Waals surface area contributed by atoms with Crippen molar-refractivity contribution in [3.63, 3.8) is 0 Å². The van der Waals surface area contributed by atoms with Crippen LogP contribution in [0.3, 0.4) is 0 Å². The first-order valence-electron chi connectivity index (χ1n) is 6.72. The zero-order valence-electron chi connectivity index (χ0n) is 11.9. The van der Waals surface area contributed by atoms with E-state index in [1.54, 1.807) is 25.3 Å². The predicted octanol–water partition coefficient (Wildman–Crippen LogP) is 1.29. The van der Waals surface area contributed by atoms with E-state index in [2.05, 4.69) is 0 Å². The molecule has 0 saturated carbocycles. The lowest BCUT2D eigenvalue weighted by Gasteiger charge is -2.31. The number of benzene rings is 1. The van der Waals surface area contributed by atoms with Crippen molar-refractivity contribution < 1.29 is 18.3 Å². The van der Waals surface area contributed by atoms with E-state index in [9.17, 15) is 13.5 Å². The molecule has 1 fully saturated rings. The van der Waals surface area contributed by atoms with Crippen molar-refractivity contribution in [2.75, 3.05) is 20.2 Å². The number of aryl methyl sites for hydroxylation is 1. The van der Waals surface area contributed by atoms with Crippen LogP contribution >= 0.6 is 0 Å². The number of ether oxygens (including phenoxy) is 1. The van der Waals surface area contributed by atoms with Crippen molar-refractivity contribution in [3.8, 4) is 0 Å². The molecular weight excluding hydrogens is 278 g/mol. The summed E-state index contributed by atoms with van der Waals surface area (Å²) in [5, 5.41) is 9.27. The second-order valence-corrected chi connectivity index (χ2v) is 7.05. The summed E-state index contributed by atoms with van der Waals surface area (Å²) in [4.78, 5) is 0.240. The normalized spacial score (nSPS) is 21.1. The van der Waals surface area contributed by atoms with Crippen molar-refractivity contribution >= 4 is 10.0 Å². The third-order valence-corrected chi connectivity index (χ3v) is 5.66. The zero-order valence-corrected chi connectivity index (χ0v) is 12.7. The first kappa shape index (κ1) is 15.4. The average molecular weight is 299 g/mol. The molecule has 0 bridgehead atoms. The molecule has 1 N–H and O–H groups in total.